The Morgan fingerprint density at radius 2 is 2.00 bits per heavy atom. The molecule has 124 valence electrons. The molecule has 3 rings (SSSR count). The van der Waals surface area contributed by atoms with Crippen molar-refractivity contribution in [2.45, 2.75) is 12.5 Å². The summed E-state index contributed by atoms with van der Waals surface area (Å²) in [5.74, 6) is -0.626. The van der Waals surface area contributed by atoms with E-state index in [2.05, 4.69) is 10.3 Å². The summed E-state index contributed by atoms with van der Waals surface area (Å²) in [7, 11) is 1.60. The quantitative estimate of drug-likeness (QED) is 0.720. The lowest BCUT2D eigenvalue weighted by molar-refractivity contribution is -0.144. The molecule has 2 N–H and O–H groups in total. The second-order valence-electron chi connectivity index (χ2n) is 5.51. The van der Waals surface area contributed by atoms with Gasteiger partial charge in [-0.15, -0.1) is 0 Å². The van der Waals surface area contributed by atoms with Gasteiger partial charge in [-0.05, 0) is 49.9 Å². The SMILES string of the molecule is CNC(C)(C(=O)O)c1ccc2oc(-c3ccc(Cl)cc3Cl)nc2c1. The van der Waals surface area contributed by atoms with Gasteiger partial charge in [0, 0.05) is 5.02 Å². The zero-order chi connectivity index (χ0) is 17.5. The average Bonchev–Trinajstić information content (AvgIpc) is 2.96. The van der Waals surface area contributed by atoms with Crippen LogP contribution in [0.3, 0.4) is 0 Å². The van der Waals surface area contributed by atoms with E-state index < -0.39 is 11.5 Å². The number of halogens is 2. The molecule has 0 aliphatic heterocycles. The number of carboxylic acids is 1. The third kappa shape index (κ3) is 2.75. The summed E-state index contributed by atoms with van der Waals surface area (Å²) >= 11 is 12.1. The summed E-state index contributed by atoms with van der Waals surface area (Å²) in [5.41, 5.74) is 1.07. The van der Waals surface area contributed by atoms with Crippen molar-refractivity contribution in [1.29, 1.82) is 0 Å². The van der Waals surface area contributed by atoms with Crippen molar-refractivity contribution >= 4 is 40.3 Å². The first-order valence-corrected chi connectivity index (χ1v) is 7.89. The molecule has 0 aliphatic rings. The van der Waals surface area contributed by atoms with Gasteiger partial charge in [0.25, 0.3) is 0 Å². The highest BCUT2D eigenvalue weighted by Crippen LogP contribution is 2.33. The molecule has 2 aromatic carbocycles. The molecule has 24 heavy (non-hydrogen) atoms. The number of hydrogen-bond acceptors (Lipinski definition) is 4. The highest BCUT2D eigenvalue weighted by Gasteiger charge is 2.33. The highest BCUT2D eigenvalue weighted by atomic mass is 35.5. The smallest absolute Gasteiger partial charge is 0.328 e. The van der Waals surface area contributed by atoms with Crippen LogP contribution < -0.4 is 5.32 Å². The Hall–Kier alpha value is -2.08. The summed E-state index contributed by atoms with van der Waals surface area (Å²) in [6.07, 6.45) is 0. The number of nitrogens with one attached hydrogen (secondary N) is 1. The van der Waals surface area contributed by atoms with Gasteiger partial charge in [0.2, 0.25) is 5.89 Å². The number of carbonyl (C=O) groups is 1. The molecule has 0 spiro atoms. The molecule has 5 nitrogen and oxygen atoms in total. The van der Waals surface area contributed by atoms with Gasteiger partial charge in [-0.25, -0.2) is 9.78 Å². The second kappa shape index (κ2) is 6.09. The van der Waals surface area contributed by atoms with E-state index in [0.29, 0.717) is 38.2 Å². The zero-order valence-electron chi connectivity index (χ0n) is 12.9. The average molecular weight is 365 g/mol. The molecule has 1 unspecified atom stereocenters. The van der Waals surface area contributed by atoms with E-state index in [0.717, 1.165) is 0 Å². The minimum atomic E-state index is -1.22. The monoisotopic (exact) mass is 364 g/mol. The molecule has 1 atom stereocenters. The van der Waals surface area contributed by atoms with Crippen molar-refractivity contribution in [3.8, 4) is 11.5 Å². The summed E-state index contributed by atoms with van der Waals surface area (Å²) in [4.78, 5) is 16.0. The normalized spacial score (nSPS) is 13.8. The third-order valence-corrected chi connectivity index (χ3v) is 4.60. The Morgan fingerprint density at radius 1 is 1.25 bits per heavy atom. The van der Waals surface area contributed by atoms with Gasteiger partial charge in [-0.1, -0.05) is 29.3 Å². The fourth-order valence-corrected chi connectivity index (χ4v) is 2.88. The molecule has 0 radical (unpaired) electrons. The van der Waals surface area contributed by atoms with Crippen molar-refractivity contribution in [2.75, 3.05) is 7.05 Å². The Labute approximate surface area is 148 Å². The van der Waals surface area contributed by atoms with Crippen LogP contribution in [0.2, 0.25) is 10.0 Å². The van der Waals surface area contributed by atoms with Crippen molar-refractivity contribution in [3.63, 3.8) is 0 Å². The first-order chi connectivity index (χ1) is 11.3. The highest BCUT2D eigenvalue weighted by molar-refractivity contribution is 6.36. The van der Waals surface area contributed by atoms with E-state index in [-0.39, 0.29) is 0 Å². The summed E-state index contributed by atoms with van der Waals surface area (Å²) < 4.78 is 5.73. The van der Waals surface area contributed by atoms with Crippen LogP contribution in [0, 0.1) is 0 Å². The van der Waals surface area contributed by atoms with Crippen molar-refractivity contribution < 1.29 is 14.3 Å². The van der Waals surface area contributed by atoms with Crippen LogP contribution >= 0.6 is 23.2 Å². The molecule has 0 aliphatic carbocycles. The predicted molar refractivity (Wildman–Crippen MR) is 93.5 cm³/mol. The first-order valence-electron chi connectivity index (χ1n) is 7.14. The Balaban J connectivity index is 2.11. The van der Waals surface area contributed by atoms with Crippen molar-refractivity contribution in [2.24, 2.45) is 0 Å². The lowest BCUT2D eigenvalue weighted by atomic mass is 9.92. The fraction of sp³-hybridized carbons (Fsp3) is 0.176. The number of rotatable bonds is 4. The maximum absolute atomic E-state index is 11.6. The van der Waals surface area contributed by atoms with Crippen LogP contribution in [0.5, 0.6) is 0 Å². The Bertz CT molecular complexity index is 939. The molecule has 0 fully saturated rings. The van der Waals surface area contributed by atoms with Crippen LogP contribution in [0.25, 0.3) is 22.6 Å². The zero-order valence-corrected chi connectivity index (χ0v) is 14.4. The maximum Gasteiger partial charge on any atom is 0.328 e. The summed E-state index contributed by atoms with van der Waals surface area (Å²) in [5, 5.41) is 13.2. The molecular formula is C17H14Cl2N2O3. The largest absolute Gasteiger partial charge is 0.480 e. The number of hydrogen-bond donors (Lipinski definition) is 2. The summed E-state index contributed by atoms with van der Waals surface area (Å²) in [6.45, 7) is 1.59. The molecular weight excluding hydrogens is 351 g/mol. The van der Waals surface area contributed by atoms with E-state index in [4.69, 9.17) is 27.6 Å². The van der Waals surface area contributed by atoms with Crippen LogP contribution in [-0.4, -0.2) is 23.1 Å². The third-order valence-electron chi connectivity index (χ3n) is 4.05. The van der Waals surface area contributed by atoms with E-state index in [9.17, 15) is 9.90 Å². The Morgan fingerprint density at radius 3 is 2.62 bits per heavy atom. The lowest BCUT2D eigenvalue weighted by Crippen LogP contribution is -2.44. The topological polar surface area (TPSA) is 75.4 Å². The van der Waals surface area contributed by atoms with Crippen molar-refractivity contribution in [1.82, 2.24) is 10.3 Å². The molecule has 0 bridgehead atoms. The fourth-order valence-electron chi connectivity index (χ4n) is 2.39. The molecule has 0 saturated heterocycles. The number of likely N-dealkylation sites (N-methyl/N-ethyl adjacent to an activating group) is 1. The van der Waals surface area contributed by atoms with Crippen LogP contribution in [0.15, 0.2) is 40.8 Å². The lowest BCUT2D eigenvalue weighted by Gasteiger charge is -2.24. The van der Waals surface area contributed by atoms with Gasteiger partial charge in [-0.3, -0.25) is 0 Å². The molecule has 3 aromatic rings. The Kier molecular flexibility index (Phi) is 4.25. The second-order valence-corrected chi connectivity index (χ2v) is 6.35. The van der Waals surface area contributed by atoms with Crippen molar-refractivity contribution in [3.05, 3.63) is 52.0 Å². The molecule has 0 saturated carbocycles. The van der Waals surface area contributed by atoms with Gasteiger partial charge in [0.1, 0.15) is 11.1 Å². The maximum atomic E-state index is 11.6. The van der Waals surface area contributed by atoms with Gasteiger partial charge in [-0.2, -0.15) is 0 Å². The number of aromatic nitrogens is 1. The molecule has 7 heteroatoms. The van der Waals surface area contributed by atoms with E-state index >= 15 is 0 Å². The van der Waals surface area contributed by atoms with Gasteiger partial charge < -0.3 is 14.8 Å². The number of fused-ring (bicyclic) bond motifs is 1. The molecule has 1 aromatic heterocycles. The predicted octanol–water partition coefficient (Wildman–Crippen LogP) is 4.32. The van der Waals surface area contributed by atoms with Crippen LogP contribution in [-0.2, 0) is 10.3 Å². The molecule has 1 heterocycles. The summed E-state index contributed by atoms with van der Waals surface area (Å²) in [6, 6.07) is 10.1. The van der Waals surface area contributed by atoms with E-state index in [1.54, 1.807) is 50.4 Å². The number of nitrogens with zero attached hydrogens (tertiary/aromatic N) is 1. The van der Waals surface area contributed by atoms with Crippen LogP contribution in [0.4, 0.5) is 0 Å². The minimum absolute atomic E-state index is 0.352. The van der Waals surface area contributed by atoms with Gasteiger partial charge >= 0.3 is 5.97 Å². The van der Waals surface area contributed by atoms with Gasteiger partial charge in [0.15, 0.2) is 5.58 Å². The first kappa shape index (κ1) is 16.8. The van der Waals surface area contributed by atoms with Crippen LogP contribution in [0.1, 0.15) is 12.5 Å². The number of benzene rings is 2. The standard InChI is InChI=1S/C17H14Cl2N2O3/c1-17(20-2,16(22)23)9-3-6-14-13(7-9)21-15(24-14)11-5-4-10(18)8-12(11)19/h3-8,20H,1-2H3,(H,22,23). The number of aliphatic carboxylic acids is 1. The van der Waals surface area contributed by atoms with E-state index in [1.165, 1.54) is 0 Å². The number of carboxylic acid groups (broad SMARTS) is 1. The minimum Gasteiger partial charge on any atom is -0.480 e. The van der Waals surface area contributed by atoms with E-state index in [1.807, 2.05) is 0 Å². The van der Waals surface area contributed by atoms with Gasteiger partial charge in [0.05, 0.1) is 10.6 Å². The molecule has 0 amide bonds. The number of oxazole rings is 1.